The Hall–Kier alpha value is -1.06. The minimum Gasteiger partial charge on any atom is -0.395 e. The lowest BCUT2D eigenvalue weighted by Crippen LogP contribution is -2.26. The highest BCUT2D eigenvalue weighted by Crippen LogP contribution is 2.17. The number of amides is 1. The van der Waals surface area contributed by atoms with E-state index in [1.165, 1.54) is 0 Å². The van der Waals surface area contributed by atoms with Crippen LogP contribution in [0.1, 0.15) is 17.5 Å². The van der Waals surface area contributed by atoms with Gasteiger partial charge in [0.05, 0.1) is 6.61 Å². The van der Waals surface area contributed by atoms with Crippen LogP contribution in [0, 0.1) is 6.92 Å². The molecule has 0 atom stereocenters. The van der Waals surface area contributed by atoms with Crippen LogP contribution in [0.5, 0.6) is 0 Å². The summed E-state index contributed by atoms with van der Waals surface area (Å²) in [6.45, 7) is 2.23. The van der Waals surface area contributed by atoms with Gasteiger partial charge < -0.3 is 10.4 Å². The van der Waals surface area contributed by atoms with Crippen LogP contribution in [-0.4, -0.2) is 24.2 Å². The Morgan fingerprint density at radius 3 is 2.88 bits per heavy atom. The van der Waals surface area contributed by atoms with Crippen molar-refractivity contribution in [3.63, 3.8) is 0 Å². The normalized spacial score (nSPS) is 10.2. The average molecular weight is 242 g/mol. The Bertz CT molecular complexity index is 366. The molecule has 4 heteroatoms. The van der Waals surface area contributed by atoms with E-state index in [0.29, 0.717) is 19.4 Å². The summed E-state index contributed by atoms with van der Waals surface area (Å²) in [4.78, 5) is 11.3. The van der Waals surface area contributed by atoms with Crippen LogP contribution in [0.2, 0.25) is 5.02 Å². The highest BCUT2D eigenvalue weighted by molar-refractivity contribution is 6.31. The number of halogens is 1. The van der Waals surface area contributed by atoms with Crippen molar-refractivity contribution in [2.45, 2.75) is 19.8 Å². The maximum absolute atomic E-state index is 11.3. The Balaban J connectivity index is 2.42. The van der Waals surface area contributed by atoms with Crippen LogP contribution in [0.4, 0.5) is 0 Å². The molecular formula is C12H16ClNO2. The molecule has 16 heavy (non-hydrogen) atoms. The molecule has 0 aliphatic rings. The van der Waals surface area contributed by atoms with E-state index in [-0.39, 0.29) is 12.5 Å². The van der Waals surface area contributed by atoms with E-state index >= 15 is 0 Å². The molecule has 0 heterocycles. The molecule has 1 rings (SSSR count). The Morgan fingerprint density at radius 2 is 2.25 bits per heavy atom. The first-order valence-electron chi connectivity index (χ1n) is 5.26. The molecule has 2 N–H and O–H groups in total. The maximum atomic E-state index is 11.3. The van der Waals surface area contributed by atoms with Crippen molar-refractivity contribution in [1.29, 1.82) is 0 Å². The molecule has 0 fully saturated rings. The fourth-order valence-electron chi connectivity index (χ4n) is 1.33. The summed E-state index contributed by atoms with van der Waals surface area (Å²) in [7, 11) is 0. The van der Waals surface area contributed by atoms with Gasteiger partial charge in [-0.2, -0.15) is 0 Å². The van der Waals surface area contributed by atoms with Gasteiger partial charge in [-0.05, 0) is 30.5 Å². The largest absolute Gasteiger partial charge is 0.395 e. The molecule has 0 aliphatic carbocycles. The molecule has 1 aromatic carbocycles. The molecule has 3 nitrogen and oxygen atoms in total. The third kappa shape index (κ3) is 4.21. The molecule has 88 valence electrons. The molecule has 1 aromatic rings. The predicted molar refractivity (Wildman–Crippen MR) is 64.6 cm³/mol. The summed E-state index contributed by atoms with van der Waals surface area (Å²) >= 11 is 5.98. The summed E-state index contributed by atoms with van der Waals surface area (Å²) in [6.07, 6.45) is 1.08. The van der Waals surface area contributed by atoms with Crippen molar-refractivity contribution < 1.29 is 9.90 Å². The number of carbonyl (C=O) groups is 1. The minimum absolute atomic E-state index is 0.0257. The summed E-state index contributed by atoms with van der Waals surface area (Å²) in [6, 6.07) is 5.81. The minimum atomic E-state index is -0.0502. The summed E-state index contributed by atoms with van der Waals surface area (Å²) in [5.74, 6) is -0.0502. The van der Waals surface area contributed by atoms with Gasteiger partial charge in [-0.25, -0.2) is 0 Å². The number of aliphatic hydroxyl groups is 1. The first-order valence-corrected chi connectivity index (χ1v) is 5.64. The molecule has 0 spiro atoms. The van der Waals surface area contributed by atoms with Crippen molar-refractivity contribution in [3.05, 3.63) is 34.3 Å². The number of rotatable bonds is 5. The molecular weight excluding hydrogens is 226 g/mol. The Morgan fingerprint density at radius 1 is 1.50 bits per heavy atom. The fraction of sp³-hybridized carbons (Fsp3) is 0.417. The molecule has 0 unspecified atom stereocenters. The quantitative estimate of drug-likeness (QED) is 0.824. The van der Waals surface area contributed by atoms with Gasteiger partial charge in [0.25, 0.3) is 0 Å². The van der Waals surface area contributed by atoms with Crippen LogP contribution in [0.3, 0.4) is 0 Å². The number of hydrogen-bond acceptors (Lipinski definition) is 2. The van der Waals surface area contributed by atoms with Crippen LogP contribution >= 0.6 is 11.6 Å². The Labute approximate surface area is 100 Å². The van der Waals surface area contributed by atoms with Gasteiger partial charge >= 0.3 is 0 Å². The van der Waals surface area contributed by atoms with Crippen molar-refractivity contribution in [2.75, 3.05) is 13.2 Å². The number of carbonyl (C=O) groups excluding carboxylic acids is 1. The zero-order valence-corrected chi connectivity index (χ0v) is 10.0. The molecule has 0 aliphatic heterocycles. The zero-order valence-electron chi connectivity index (χ0n) is 9.29. The second-order valence-electron chi connectivity index (χ2n) is 3.66. The third-order valence-electron chi connectivity index (χ3n) is 2.31. The van der Waals surface area contributed by atoms with Gasteiger partial charge in [0.1, 0.15) is 0 Å². The second-order valence-corrected chi connectivity index (χ2v) is 4.06. The van der Waals surface area contributed by atoms with E-state index < -0.39 is 0 Å². The molecule has 0 radical (unpaired) electrons. The van der Waals surface area contributed by atoms with Crippen molar-refractivity contribution in [3.8, 4) is 0 Å². The van der Waals surface area contributed by atoms with E-state index in [1.54, 1.807) is 0 Å². The fourth-order valence-corrected chi connectivity index (χ4v) is 1.54. The lowest BCUT2D eigenvalue weighted by Gasteiger charge is -2.05. The molecule has 0 aromatic heterocycles. The number of hydrogen-bond donors (Lipinski definition) is 2. The molecule has 0 bridgehead atoms. The highest BCUT2D eigenvalue weighted by Gasteiger charge is 2.02. The van der Waals surface area contributed by atoms with Crippen LogP contribution < -0.4 is 5.32 Å². The summed E-state index contributed by atoms with van der Waals surface area (Å²) in [5.41, 5.74) is 2.09. The maximum Gasteiger partial charge on any atom is 0.220 e. The van der Waals surface area contributed by atoms with Gasteiger partial charge in [0.2, 0.25) is 5.91 Å². The van der Waals surface area contributed by atoms with Crippen molar-refractivity contribution in [1.82, 2.24) is 5.32 Å². The lowest BCUT2D eigenvalue weighted by molar-refractivity contribution is -0.121. The van der Waals surface area contributed by atoms with Gasteiger partial charge in [-0.3, -0.25) is 4.79 Å². The van der Waals surface area contributed by atoms with Crippen molar-refractivity contribution in [2.24, 2.45) is 0 Å². The zero-order chi connectivity index (χ0) is 12.0. The van der Waals surface area contributed by atoms with Crippen LogP contribution in [-0.2, 0) is 11.2 Å². The van der Waals surface area contributed by atoms with E-state index in [9.17, 15) is 4.79 Å². The number of aliphatic hydroxyl groups excluding tert-OH is 1. The number of benzene rings is 1. The number of nitrogens with one attached hydrogen (secondary N) is 1. The lowest BCUT2D eigenvalue weighted by atomic mass is 10.1. The number of aryl methyl sites for hydroxylation is 2. The first kappa shape index (κ1) is 13.0. The van der Waals surface area contributed by atoms with E-state index in [4.69, 9.17) is 16.7 Å². The molecule has 1 amide bonds. The highest BCUT2D eigenvalue weighted by atomic mass is 35.5. The SMILES string of the molecule is Cc1ccc(CCC(=O)NCCO)cc1Cl. The standard InChI is InChI=1S/C12H16ClNO2/c1-9-2-3-10(8-11(9)13)4-5-12(16)14-6-7-15/h2-3,8,15H,4-7H2,1H3,(H,14,16). The monoisotopic (exact) mass is 241 g/mol. The van der Waals surface area contributed by atoms with E-state index in [0.717, 1.165) is 16.1 Å². The Kier molecular flexibility index (Phi) is 5.29. The molecule has 0 saturated carbocycles. The average Bonchev–Trinajstić information content (AvgIpc) is 2.28. The first-order chi connectivity index (χ1) is 7.63. The summed E-state index contributed by atoms with van der Waals surface area (Å²) < 4.78 is 0. The summed E-state index contributed by atoms with van der Waals surface area (Å²) in [5, 5.41) is 11.9. The van der Waals surface area contributed by atoms with Gasteiger partial charge in [-0.1, -0.05) is 23.7 Å². The van der Waals surface area contributed by atoms with Gasteiger partial charge in [0.15, 0.2) is 0 Å². The third-order valence-corrected chi connectivity index (χ3v) is 2.72. The second kappa shape index (κ2) is 6.51. The molecule has 0 saturated heterocycles. The smallest absolute Gasteiger partial charge is 0.220 e. The van der Waals surface area contributed by atoms with E-state index in [2.05, 4.69) is 5.32 Å². The topological polar surface area (TPSA) is 49.3 Å². The van der Waals surface area contributed by atoms with Crippen LogP contribution in [0.25, 0.3) is 0 Å². The van der Waals surface area contributed by atoms with Crippen molar-refractivity contribution >= 4 is 17.5 Å². The van der Waals surface area contributed by atoms with Crippen LogP contribution in [0.15, 0.2) is 18.2 Å². The van der Waals surface area contributed by atoms with Gasteiger partial charge in [-0.15, -0.1) is 0 Å². The van der Waals surface area contributed by atoms with Gasteiger partial charge in [0, 0.05) is 18.0 Å². The predicted octanol–water partition coefficient (Wildman–Crippen LogP) is 1.69. The van der Waals surface area contributed by atoms with E-state index in [1.807, 2.05) is 25.1 Å².